The van der Waals surface area contributed by atoms with Crippen molar-refractivity contribution >= 4 is 5.91 Å². The molecule has 1 N–H and O–H groups in total. The molecule has 1 atom stereocenters. The fourth-order valence-corrected chi connectivity index (χ4v) is 3.44. The van der Waals surface area contributed by atoms with Crippen molar-refractivity contribution < 1.29 is 4.79 Å². The second kappa shape index (κ2) is 7.88. The molecule has 19 heavy (non-hydrogen) atoms. The Morgan fingerprint density at radius 2 is 2.00 bits per heavy atom. The maximum absolute atomic E-state index is 12.5. The van der Waals surface area contributed by atoms with Gasteiger partial charge in [-0.25, -0.2) is 0 Å². The maximum Gasteiger partial charge on any atom is 0.222 e. The Hall–Kier alpha value is -0.570. The smallest absolute Gasteiger partial charge is 0.222 e. The van der Waals surface area contributed by atoms with Gasteiger partial charge in [0, 0.05) is 25.6 Å². The third-order valence-electron chi connectivity index (χ3n) is 4.68. The van der Waals surface area contributed by atoms with Crippen molar-refractivity contribution in [2.24, 2.45) is 5.92 Å². The molecule has 0 aromatic heterocycles. The Kier molecular flexibility index (Phi) is 6.15. The minimum Gasteiger partial charge on any atom is -0.341 e. The molecule has 2 fully saturated rings. The summed E-state index contributed by atoms with van der Waals surface area (Å²) < 4.78 is 0. The normalized spacial score (nSPS) is 23.9. The van der Waals surface area contributed by atoms with Gasteiger partial charge in [-0.15, -0.1) is 0 Å². The highest BCUT2D eigenvalue weighted by Crippen LogP contribution is 2.28. The first-order chi connectivity index (χ1) is 9.29. The molecule has 0 aromatic rings. The predicted molar refractivity (Wildman–Crippen MR) is 79.1 cm³/mol. The Morgan fingerprint density at radius 1 is 1.21 bits per heavy atom. The SMILES string of the molecule is CCCCN(CC1CCCN1)C(=O)CC1CCCC1. The van der Waals surface area contributed by atoms with Crippen LogP contribution >= 0.6 is 0 Å². The Morgan fingerprint density at radius 3 is 2.63 bits per heavy atom. The van der Waals surface area contributed by atoms with Gasteiger partial charge in [0.15, 0.2) is 0 Å². The monoisotopic (exact) mass is 266 g/mol. The number of hydrogen-bond donors (Lipinski definition) is 1. The number of carbonyl (C=O) groups is 1. The number of carbonyl (C=O) groups excluding carboxylic acids is 1. The molecule has 0 radical (unpaired) electrons. The van der Waals surface area contributed by atoms with Gasteiger partial charge in [0.1, 0.15) is 0 Å². The van der Waals surface area contributed by atoms with Crippen LogP contribution in [0.5, 0.6) is 0 Å². The molecule has 0 aromatic carbocycles. The van der Waals surface area contributed by atoms with Gasteiger partial charge >= 0.3 is 0 Å². The van der Waals surface area contributed by atoms with E-state index in [1.807, 2.05) is 0 Å². The van der Waals surface area contributed by atoms with Crippen molar-refractivity contribution in [2.45, 2.75) is 70.8 Å². The van der Waals surface area contributed by atoms with Gasteiger partial charge in [-0.2, -0.15) is 0 Å². The maximum atomic E-state index is 12.5. The third kappa shape index (κ3) is 4.79. The zero-order valence-corrected chi connectivity index (χ0v) is 12.5. The van der Waals surface area contributed by atoms with E-state index in [4.69, 9.17) is 0 Å². The quantitative estimate of drug-likeness (QED) is 0.768. The number of amides is 1. The zero-order chi connectivity index (χ0) is 13.5. The molecule has 1 saturated heterocycles. The molecule has 3 nitrogen and oxygen atoms in total. The average Bonchev–Trinajstić information content (AvgIpc) is 3.07. The molecule has 2 rings (SSSR count). The van der Waals surface area contributed by atoms with E-state index in [0.717, 1.165) is 32.5 Å². The van der Waals surface area contributed by atoms with Gasteiger partial charge in [-0.3, -0.25) is 4.79 Å². The lowest BCUT2D eigenvalue weighted by atomic mass is 10.0. The van der Waals surface area contributed by atoms with Crippen LogP contribution in [0.15, 0.2) is 0 Å². The summed E-state index contributed by atoms with van der Waals surface area (Å²) in [6, 6.07) is 0.546. The highest BCUT2D eigenvalue weighted by atomic mass is 16.2. The first kappa shape index (κ1) is 14.8. The van der Waals surface area contributed by atoms with Crippen molar-refractivity contribution in [3.8, 4) is 0 Å². The summed E-state index contributed by atoms with van der Waals surface area (Å²) in [6.45, 7) is 5.22. The highest BCUT2D eigenvalue weighted by Gasteiger charge is 2.24. The van der Waals surface area contributed by atoms with Crippen LogP contribution in [0.2, 0.25) is 0 Å². The van der Waals surface area contributed by atoms with Gasteiger partial charge in [0.05, 0.1) is 0 Å². The molecular formula is C16H30N2O. The molecule has 2 aliphatic rings. The van der Waals surface area contributed by atoms with Crippen LogP contribution in [0.3, 0.4) is 0 Å². The summed E-state index contributed by atoms with van der Waals surface area (Å²) >= 11 is 0. The molecule has 0 bridgehead atoms. The summed E-state index contributed by atoms with van der Waals surface area (Å²) in [5, 5.41) is 3.52. The van der Waals surface area contributed by atoms with Crippen LogP contribution in [-0.4, -0.2) is 36.5 Å². The summed E-state index contributed by atoms with van der Waals surface area (Å²) in [7, 11) is 0. The summed E-state index contributed by atoms with van der Waals surface area (Å²) in [4.78, 5) is 14.6. The van der Waals surface area contributed by atoms with Gasteiger partial charge in [-0.05, 0) is 44.6 Å². The van der Waals surface area contributed by atoms with Gasteiger partial charge in [0.2, 0.25) is 5.91 Å². The Labute approximate surface area is 118 Å². The van der Waals surface area contributed by atoms with Crippen LogP contribution in [-0.2, 0) is 4.79 Å². The van der Waals surface area contributed by atoms with E-state index < -0.39 is 0 Å². The van der Waals surface area contributed by atoms with Gasteiger partial charge < -0.3 is 10.2 Å². The molecule has 0 spiro atoms. The van der Waals surface area contributed by atoms with Crippen LogP contribution in [0.1, 0.15) is 64.7 Å². The van der Waals surface area contributed by atoms with Crippen LogP contribution in [0, 0.1) is 5.92 Å². The minimum atomic E-state index is 0.411. The fourth-order valence-electron chi connectivity index (χ4n) is 3.44. The number of unbranched alkanes of at least 4 members (excludes halogenated alkanes) is 1. The average molecular weight is 266 g/mol. The molecule has 110 valence electrons. The molecule has 1 unspecified atom stereocenters. The van der Waals surface area contributed by atoms with E-state index in [2.05, 4.69) is 17.1 Å². The second-order valence-corrected chi connectivity index (χ2v) is 6.34. The predicted octanol–water partition coefficient (Wildman–Crippen LogP) is 2.95. The highest BCUT2D eigenvalue weighted by molar-refractivity contribution is 5.76. The number of hydrogen-bond acceptors (Lipinski definition) is 2. The van der Waals surface area contributed by atoms with Crippen LogP contribution in [0.25, 0.3) is 0 Å². The van der Waals surface area contributed by atoms with Crippen molar-refractivity contribution in [1.29, 1.82) is 0 Å². The largest absolute Gasteiger partial charge is 0.341 e. The lowest BCUT2D eigenvalue weighted by molar-refractivity contribution is -0.132. The van der Waals surface area contributed by atoms with E-state index in [0.29, 0.717) is 17.9 Å². The van der Waals surface area contributed by atoms with E-state index in [1.165, 1.54) is 44.9 Å². The van der Waals surface area contributed by atoms with Crippen molar-refractivity contribution in [3.05, 3.63) is 0 Å². The number of nitrogens with zero attached hydrogens (tertiary/aromatic N) is 1. The molecule has 1 saturated carbocycles. The summed E-state index contributed by atoms with van der Waals surface area (Å²) in [5.41, 5.74) is 0. The fraction of sp³-hybridized carbons (Fsp3) is 0.938. The van der Waals surface area contributed by atoms with Crippen LogP contribution in [0.4, 0.5) is 0 Å². The second-order valence-electron chi connectivity index (χ2n) is 6.34. The van der Waals surface area contributed by atoms with Crippen molar-refractivity contribution in [1.82, 2.24) is 10.2 Å². The van der Waals surface area contributed by atoms with E-state index in [-0.39, 0.29) is 0 Å². The van der Waals surface area contributed by atoms with Gasteiger partial charge in [-0.1, -0.05) is 26.2 Å². The molecule has 1 aliphatic heterocycles. The molecule has 3 heteroatoms. The van der Waals surface area contributed by atoms with E-state index in [9.17, 15) is 4.79 Å². The third-order valence-corrected chi connectivity index (χ3v) is 4.68. The molecular weight excluding hydrogens is 236 g/mol. The Balaban J connectivity index is 1.81. The molecule has 1 heterocycles. The number of nitrogens with one attached hydrogen (secondary N) is 1. The van der Waals surface area contributed by atoms with E-state index >= 15 is 0 Å². The first-order valence-corrected chi connectivity index (χ1v) is 8.30. The molecule has 1 aliphatic carbocycles. The van der Waals surface area contributed by atoms with Crippen molar-refractivity contribution in [2.75, 3.05) is 19.6 Å². The topological polar surface area (TPSA) is 32.3 Å². The van der Waals surface area contributed by atoms with Crippen molar-refractivity contribution in [3.63, 3.8) is 0 Å². The standard InChI is InChI=1S/C16H30N2O/c1-2-3-11-18(13-15-9-6-10-17-15)16(19)12-14-7-4-5-8-14/h14-15,17H,2-13H2,1H3. The minimum absolute atomic E-state index is 0.411. The molecule has 1 amide bonds. The summed E-state index contributed by atoms with van der Waals surface area (Å²) in [6.07, 6.45) is 10.8. The zero-order valence-electron chi connectivity index (χ0n) is 12.5. The van der Waals surface area contributed by atoms with E-state index in [1.54, 1.807) is 0 Å². The lowest BCUT2D eigenvalue weighted by Gasteiger charge is -2.27. The number of rotatable bonds is 7. The van der Waals surface area contributed by atoms with Gasteiger partial charge in [0.25, 0.3) is 0 Å². The summed E-state index contributed by atoms with van der Waals surface area (Å²) in [5.74, 6) is 1.09. The Bertz CT molecular complexity index is 268. The van der Waals surface area contributed by atoms with Crippen LogP contribution < -0.4 is 5.32 Å². The first-order valence-electron chi connectivity index (χ1n) is 8.30. The lowest BCUT2D eigenvalue weighted by Crippen LogP contribution is -2.42.